The van der Waals surface area contributed by atoms with Crippen LogP contribution in [0.25, 0.3) is 0 Å². The highest BCUT2D eigenvalue weighted by Gasteiger charge is 2.14. The van der Waals surface area contributed by atoms with Crippen LogP contribution < -0.4 is 11.1 Å². The minimum Gasteiger partial charge on any atom is -0.389 e. The van der Waals surface area contributed by atoms with Crippen molar-refractivity contribution >= 4 is 28.8 Å². The number of amides is 1. The number of benzene rings is 1. The fourth-order valence-corrected chi connectivity index (χ4v) is 1.77. The van der Waals surface area contributed by atoms with Gasteiger partial charge in [0.15, 0.2) is 0 Å². The van der Waals surface area contributed by atoms with E-state index in [0.29, 0.717) is 16.9 Å². The van der Waals surface area contributed by atoms with Gasteiger partial charge in [-0.2, -0.15) is 5.10 Å². The van der Waals surface area contributed by atoms with E-state index in [2.05, 4.69) is 15.5 Å². The summed E-state index contributed by atoms with van der Waals surface area (Å²) in [6, 6.07) is 3.82. The van der Waals surface area contributed by atoms with Crippen LogP contribution in [0, 0.1) is 12.7 Å². The molecule has 98 valence electrons. The Bertz CT molecular complexity index is 653. The summed E-state index contributed by atoms with van der Waals surface area (Å²) in [5.41, 5.74) is 7.18. The molecular weight excluding hydrogens is 267 g/mol. The van der Waals surface area contributed by atoms with Gasteiger partial charge < -0.3 is 11.1 Å². The number of hydrogen-bond acceptors (Lipinski definition) is 3. The SMILES string of the molecule is Cc1[nH]ncc1C(=O)Nc1ccc(F)cc1C(N)=S. The van der Waals surface area contributed by atoms with Crippen LogP contribution in [0.5, 0.6) is 0 Å². The molecule has 0 radical (unpaired) electrons. The number of nitrogens with one attached hydrogen (secondary N) is 2. The molecule has 1 aromatic carbocycles. The molecular formula is C12H11FN4OS. The van der Waals surface area contributed by atoms with E-state index in [0.717, 1.165) is 0 Å². The summed E-state index contributed by atoms with van der Waals surface area (Å²) < 4.78 is 13.1. The number of carbonyl (C=O) groups excluding carboxylic acids is 1. The number of aromatic nitrogens is 2. The normalized spacial score (nSPS) is 10.2. The highest BCUT2D eigenvalue weighted by molar-refractivity contribution is 7.80. The van der Waals surface area contributed by atoms with Crippen molar-refractivity contribution < 1.29 is 9.18 Å². The van der Waals surface area contributed by atoms with Crippen molar-refractivity contribution in [3.8, 4) is 0 Å². The second-order valence-electron chi connectivity index (χ2n) is 3.92. The lowest BCUT2D eigenvalue weighted by atomic mass is 10.1. The van der Waals surface area contributed by atoms with Gasteiger partial charge in [-0.1, -0.05) is 12.2 Å². The van der Waals surface area contributed by atoms with Gasteiger partial charge >= 0.3 is 0 Å². The number of nitrogens with two attached hydrogens (primary N) is 1. The molecule has 1 heterocycles. The first-order valence-corrected chi connectivity index (χ1v) is 5.80. The van der Waals surface area contributed by atoms with Gasteiger partial charge in [0.1, 0.15) is 10.8 Å². The summed E-state index contributed by atoms with van der Waals surface area (Å²) >= 11 is 4.83. The first-order valence-electron chi connectivity index (χ1n) is 5.39. The lowest BCUT2D eigenvalue weighted by Gasteiger charge is -2.09. The molecule has 0 unspecified atom stereocenters. The molecule has 1 aromatic heterocycles. The summed E-state index contributed by atoms with van der Waals surface area (Å²) in [6.45, 7) is 1.72. The lowest BCUT2D eigenvalue weighted by molar-refractivity contribution is 0.102. The number of halogens is 1. The smallest absolute Gasteiger partial charge is 0.259 e. The molecule has 7 heteroatoms. The number of thiocarbonyl (C=S) groups is 1. The average molecular weight is 278 g/mol. The highest BCUT2D eigenvalue weighted by Crippen LogP contribution is 2.18. The zero-order valence-corrected chi connectivity index (χ0v) is 10.8. The van der Waals surface area contributed by atoms with Crippen LogP contribution in [0.2, 0.25) is 0 Å². The molecule has 19 heavy (non-hydrogen) atoms. The Morgan fingerprint density at radius 2 is 2.21 bits per heavy atom. The van der Waals surface area contributed by atoms with Crippen LogP contribution in [0.1, 0.15) is 21.6 Å². The van der Waals surface area contributed by atoms with Crippen LogP contribution in [0.15, 0.2) is 24.4 Å². The van der Waals surface area contributed by atoms with Crippen molar-refractivity contribution in [2.45, 2.75) is 6.92 Å². The van der Waals surface area contributed by atoms with Crippen molar-refractivity contribution in [1.82, 2.24) is 10.2 Å². The minimum absolute atomic E-state index is 0.0127. The van der Waals surface area contributed by atoms with E-state index in [9.17, 15) is 9.18 Å². The maximum absolute atomic E-state index is 13.1. The number of nitrogens with zero attached hydrogens (tertiary/aromatic N) is 1. The van der Waals surface area contributed by atoms with Gasteiger partial charge in [-0.25, -0.2) is 4.39 Å². The predicted molar refractivity (Wildman–Crippen MR) is 73.6 cm³/mol. The molecule has 2 aromatic rings. The molecule has 0 saturated heterocycles. The second kappa shape index (κ2) is 5.15. The Labute approximate surface area is 114 Å². The zero-order chi connectivity index (χ0) is 14.0. The average Bonchev–Trinajstić information content (AvgIpc) is 2.77. The van der Waals surface area contributed by atoms with Crippen LogP contribution in [-0.2, 0) is 0 Å². The molecule has 0 spiro atoms. The Hall–Kier alpha value is -2.28. The Morgan fingerprint density at radius 1 is 1.47 bits per heavy atom. The standard InChI is InChI=1S/C12H11FN4OS/c1-6-9(5-15-17-6)12(18)16-10-3-2-7(13)4-8(10)11(14)19/h2-5H,1H3,(H2,14,19)(H,15,17)(H,16,18). The van der Waals surface area contributed by atoms with Crippen LogP contribution in [0.3, 0.4) is 0 Å². The molecule has 5 nitrogen and oxygen atoms in total. The number of rotatable bonds is 3. The third-order valence-corrected chi connectivity index (χ3v) is 2.79. The van der Waals surface area contributed by atoms with Crippen LogP contribution in [-0.4, -0.2) is 21.1 Å². The Morgan fingerprint density at radius 3 is 2.79 bits per heavy atom. The summed E-state index contributed by atoms with van der Waals surface area (Å²) in [5.74, 6) is -0.837. The molecule has 4 N–H and O–H groups in total. The highest BCUT2D eigenvalue weighted by atomic mass is 32.1. The van der Waals surface area contributed by atoms with Crippen LogP contribution >= 0.6 is 12.2 Å². The van der Waals surface area contributed by atoms with Gasteiger partial charge in [0, 0.05) is 11.3 Å². The number of anilines is 1. The molecule has 0 aliphatic carbocycles. The number of hydrogen-bond donors (Lipinski definition) is 3. The van der Waals surface area contributed by atoms with E-state index < -0.39 is 5.82 Å². The number of H-pyrrole nitrogens is 1. The predicted octanol–water partition coefficient (Wildman–Crippen LogP) is 1.74. The first kappa shape index (κ1) is 13.2. The van der Waals surface area contributed by atoms with E-state index in [1.807, 2.05) is 0 Å². The summed E-state index contributed by atoms with van der Waals surface area (Å²) in [5, 5.41) is 9.05. The number of aromatic amines is 1. The molecule has 1 amide bonds. The quantitative estimate of drug-likeness (QED) is 0.747. The third kappa shape index (κ3) is 2.76. The third-order valence-electron chi connectivity index (χ3n) is 2.57. The summed E-state index contributed by atoms with van der Waals surface area (Å²) in [6.07, 6.45) is 1.41. The monoisotopic (exact) mass is 278 g/mol. The fourth-order valence-electron chi connectivity index (χ4n) is 1.60. The van der Waals surface area contributed by atoms with Crippen molar-refractivity contribution in [1.29, 1.82) is 0 Å². The van der Waals surface area contributed by atoms with Gasteiger partial charge in [0.2, 0.25) is 0 Å². The number of aryl methyl sites for hydroxylation is 1. The van der Waals surface area contributed by atoms with Gasteiger partial charge in [-0.05, 0) is 25.1 Å². The molecule has 0 atom stereocenters. The van der Waals surface area contributed by atoms with E-state index in [1.54, 1.807) is 6.92 Å². The summed E-state index contributed by atoms with van der Waals surface area (Å²) in [7, 11) is 0. The molecule has 0 aliphatic rings. The van der Waals surface area contributed by atoms with Crippen LogP contribution in [0.4, 0.5) is 10.1 Å². The maximum atomic E-state index is 13.1. The summed E-state index contributed by atoms with van der Waals surface area (Å²) in [4.78, 5) is 12.0. The van der Waals surface area contributed by atoms with Gasteiger partial charge in [-0.15, -0.1) is 0 Å². The Balaban J connectivity index is 2.32. The molecule has 2 rings (SSSR count). The van der Waals surface area contributed by atoms with E-state index >= 15 is 0 Å². The lowest BCUT2D eigenvalue weighted by Crippen LogP contribution is -2.18. The molecule has 0 bridgehead atoms. The maximum Gasteiger partial charge on any atom is 0.259 e. The second-order valence-corrected chi connectivity index (χ2v) is 4.36. The van der Waals surface area contributed by atoms with Crippen molar-refractivity contribution in [2.24, 2.45) is 5.73 Å². The van der Waals surface area contributed by atoms with Gasteiger partial charge in [-0.3, -0.25) is 9.89 Å². The van der Waals surface area contributed by atoms with Crippen molar-refractivity contribution in [3.05, 3.63) is 47.0 Å². The number of carbonyl (C=O) groups is 1. The molecule has 0 fully saturated rings. The first-order chi connectivity index (χ1) is 8.99. The van der Waals surface area contributed by atoms with E-state index in [1.165, 1.54) is 24.4 Å². The minimum atomic E-state index is -0.472. The van der Waals surface area contributed by atoms with E-state index in [-0.39, 0.29) is 16.5 Å². The zero-order valence-electron chi connectivity index (χ0n) is 10.0. The van der Waals surface area contributed by atoms with Gasteiger partial charge in [0.05, 0.1) is 17.4 Å². The van der Waals surface area contributed by atoms with E-state index in [4.69, 9.17) is 18.0 Å². The fraction of sp³-hybridized carbons (Fsp3) is 0.0833. The van der Waals surface area contributed by atoms with Gasteiger partial charge in [0.25, 0.3) is 5.91 Å². The largest absolute Gasteiger partial charge is 0.389 e. The molecule has 0 saturated carbocycles. The Kier molecular flexibility index (Phi) is 3.57. The van der Waals surface area contributed by atoms with Crippen molar-refractivity contribution in [2.75, 3.05) is 5.32 Å². The molecule has 0 aliphatic heterocycles. The van der Waals surface area contributed by atoms with Crippen molar-refractivity contribution in [3.63, 3.8) is 0 Å². The topological polar surface area (TPSA) is 83.8 Å².